The van der Waals surface area contributed by atoms with E-state index < -0.39 is 6.04 Å². The zero-order chi connectivity index (χ0) is 13.0. The molecule has 2 rings (SSSR count). The SMILES string of the molecule is N#C[C@H]1COCCN1C(=O)Cc1cccc(Br)c1. The molecule has 5 heteroatoms. The van der Waals surface area contributed by atoms with Gasteiger partial charge in [-0.2, -0.15) is 5.26 Å². The van der Waals surface area contributed by atoms with Crippen molar-refractivity contribution in [1.29, 1.82) is 5.26 Å². The van der Waals surface area contributed by atoms with E-state index in [1.807, 2.05) is 24.3 Å². The van der Waals surface area contributed by atoms with Gasteiger partial charge in [0, 0.05) is 11.0 Å². The first-order valence-electron chi connectivity index (χ1n) is 5.72. The van der Waals surface area contributed by atoms with E-state index in [9.17, 15) is 4.79 Å². The maximum atomic E-state index is 12.2. The van der Waals surface area contributed by atoms with Crippen LogP contribution in [0, 0.1) is 11.3 Å². The molecule has 0 aliphatic carbocycles. The number of morpholine rings is 1. The predicted molar refractivity (Wildman–Crippen MR) is 69.8 cm³/mol. The molecule has 1 atom stereocenters. The lowest BCUT2D eigenvalue weighted by molar-refractivity contribution is -0.136. The highest BCUT2D eigenvalue weighted by Crippen LogP contribution is 2.14. The molecule has 0 aromatic heterocycles. The number of rotatable bonds is 2. The van der Waals surface area contributed by atoms with Gasteiger partial charge >= 0.3 is 0 Å². The topological polar surface area (TPSA) is 53.3 Å². The first kappa shape index (κ1) is 13.1. The fraction of sp³-hybridized carbons (Fsp3) is 0.385. The Morgan fingerprint density at radius 1 is 1.61 bits per heavy atom. The Hall–Kier alpha value is -1.38. The van der Waals surface area contributed by atoms with Crippen molar-refractivity contribution in [2.24, 2.45) is 0 Å². The Balaban J connectivity index is 2.05. The van der Waals surface area contributed by atoms with Crippen LogP contribution >= 0.6 is 15.9 Å². The van der Waals surface area contributed by atoms with E-state index in [1.165, 1.54) is 0 Å². The smallest absolute Gasteiger partial charge is 0.228 e. The Morgan fingerprint density at radius 3 is 3.17 bits per heavy atom. The second-order valence-electron chi connectivity index (χ2n) is 4.11. The van der Waals surface area contributed by atoms with Gasteiger partial charge in [-0.25, -0.2) is 0 Å². The molecule has 1 amide bonds. The molecule has 0 spiro atoms. The summed E-state index contributed by atoms with van der Waals surface area (Å²) in [6.45, 7) is 1.30. The van der Waals surface area contributed by atoms with Crippen LogP contribution in [0.15, 0.2) is 28.7 Å². The van der Waals surface area contributed by atoms with E-state index in [1.54, 1.807) is 4.90 Å². The molecular weight excluding hydrogens is 296 g/mol. The van der Waals surface area contributed by atoms with Gasteiger partial charge in [-0.1, -0.05) is 28.1 Å². The molecule has 18 heavy (non-hydrogen) atoms. The molecule has 94 valence electrons. The van der Waals surface area contributed by atoms with E-state index in [0.717, 1.165) is 10.0 Å². The number of carbonyl (C=O) groups excluding carboxylic acids is 1. The summed E-state index contributed by atoms with van der Waals surface area (Å²) in [4.78, 5) is 13.8. The third kappa shape index (κ3) is 3.09. The summed E-state index contributed by atoms with van der Waals surface area (Å²) in [6.07, 6.45) is 0.317. The van der Waals surface area contributed by atoms with Crippen molar-refractivity contribution in [2.75, 3.05) is 19.8 Å². The van der Waals surface area contributed by atoms with E-state index >= 15 is 0 Å². The first-order valence-corrected chi connectivity index (χ1v) is 6.51. The minimum atomic E-state index is -0.460. The average molecular weight is 309 g/mol. The van der Waals surface area contributed by atoms with Crippen LogP contribution < -0.4 is 0 Å². The molecule has 1 aromatic carbocycles. The highest BCUT2D eigenvalue weighted by molar-refractivity contribution is 9.10. The molecule has 0 unspecified atom stereocenters. The minimum absolute atomic E-state index is 0.0250. The number of nitriles is 1. The predicted octanol–water partition coefficient (Wildman–Crippen LogP) is 1.74. The van der Waals surface area contributed by atoms with Gasteiger partial charge in [0.1, 0.15) is 6.04 Å². The third-order valence-corrected chi connectivity index (χ3v) is 3.34. The van der Waals surface area contributed by atoms with Crippen molar-refractivity contribution < 1.29 is 9.53 Å². The Bertz CT molecular complexity index is 484. The normalized spacial score (nSPS) is 19.3. The van der Waals surface area contributed by atoms with Crippen molar-refractivity contribution in [3.63, 3.8) is 0 Å². The molecule has 0 bridgehead atoms. The molecule has 1 heterocycles. The van der Waals surface area contributed by atoms with Gasteiger partial charge in [-0.05, 0) is 17.7 Å². The van der Waals surface area contributed by atoms with E-state index in [-0.39, 0.29) is 5.91 Å². The van der Waals surface area contributed by atoms with Crippen LogP contribution in [-0.2, 0) is 16.0 Å². The third-order valence-electron chi connectivity index (χ3n) is 2.84. The number of hydrogen-bond donors (Lipinski definition) is 0. The molecule has 0 N–H and O–H groups in total. The summed E-state index contributed by atoms with van der Waals surface area (Å²) < 4.78 is 6.15. The monoisotopic (exact) mass is 308 g/mol. The van der Waals surface area contributed by atoms with Crippen LogP contribution in [0.25, 0.3) is 0 Å². The van der Waals surface area contributed by atoms with Gasteiger partial charge < -0.3 is 9.64 Å². The maximum Gasteiger partial charge on any atom is 0.228 e. The lowest BCUT2D eigenvalue weighted by Gasteiger charge is -2.31. The summed E-state index contributed by atoms with van der Waals surface area (Å²) in [5, 5.41) is 8.99. The molecule has 1 aliphatic heterocycles. The minimum Gasteiger partial charge on any atom is -0.376 e. The molecule has 4 nitrogen and oxygen atoms in total. The number of carbonyl (C=O) groups is 1. The fourth-order valence-electron chi connectivity index (χ4n) is 1.93. The van der Waals surface area contributed by atoms with Crippen molar-refractivity contribution in [2.45, 2.75) is 12.5 Å². The number of ether oxygens (including phenoxy) is 1. The Labute approximate surface area is 114 Å². The van der Waals surface area contributed by atoms with Crippen LogP contribution in [0.5, 0.6) is 0 Å². The van der Waals surface area contributed by atoms with E-state index in [2.05, 4.69) is 22.0 Å². The van der Waals surface area contributed by atoms with Crippen molar-refractivity contribution >= 4 is 21.8 Å². The zero-order valence-electron chi connectivity index (χ0n) is 9.80. The zero-order valence-corrected chi connectivity index (χ0v) is 11.4. The summed E-state index contributed by atoms with van der Waals surface area (Å²) in [6, 6.07) is 9.28. The lowest BCUT2D eigenvalue weighted by atomic mass is 10.1. The first-order chi connectivity index (χ1) is 8.70. The van der Waals surface area contributed by atoms with Gasteiger partial charge in [-0.3, -0.25) is 4.79 Å². The largest absolute Gasteiger partial charge is 0.376 e. The molecule has 0 saturated carbocycles. The van der Waals surface area contributed by atoms with Crippen LogP contribution in [0.1, 0.15) is 5.56 Å². The molecule has 1 fully saturated rings. The van der Waals surface area contributed by atoms with Crippen molar-refractivity contribution in [3.8, 4) is 6.07 Å². The number of halogens is 1. The standard InChI is InChI=1S/C13H13BrN2O2/c14-11-3-1-2-10(6-11)7-13(17)16-4-5-18-9-12(16)8-15/h1-3,6,12H,4-5,7,9H2/t12-/m0/s1. The van der Waals surface area contributed by atoms with Crippen LogP contribution in [0.2, 0.25) is 0 Å². The number of amides is 1. The van der Waals surface area contributed by atoms with Crippen LogP contribution in [0.3, 0.4) is 0 Å². The fourth-order valence-corrected chi connectivity index (χ4v) is 2.38. The van der Waals surface area contributed by atoms with E-state index in [4.69, 9.17) is 10.00 Å². The second-order valence-corrected chi connectivity index (χ2v) is 5.03. The van der Waals surface area contributed by atoms with Gasteiger partial charge in [0.15, 0.2) is 0 Å². The number of hydrogen-bond acceptors (Lipinski definition) is 3. The molecule has 1 saturated heterocycles. The van der Waals surface area contributed by atoms with E-state index in [0.29, 0.717) is 26.2 Å². The Kier molecular flexibility index (Phi) is 4.34. The van der Waals surface area contributed by atoms with Gasteiger partial charge in [0.05, 0.1) is 25.7 Å². The molecule has 1 aliphatic rings. The maximum absolute atomic E-state index is 12.2. The van der Waals surface area contributed by atoms with Gasteiger partial charge in [0.2, 0.25) is 5.91 Å². The van der Waals surface area contributed by atoms with Crippen molar-refractivity contribution in [3.05, 3.63) is 34.3 Å². The molecule has 0 radical (unpaired) electrons. The number of nitrogens with zero attached hydrogens (tertiary/aromatic N) is 2. The highest BCUT2D eigenvalue weighted by atomic mass is 79.9. The number of benzene rings is 1. The summed E-state index contributed by atoms with van der Waals surface area (Å²) >= 11 is 3.38. The highest BCUT2D eigenvalue weighted by Gasteiger charge is 2.26. The van der Waals surface area contributed by atoms with Crippen LogP contribution in [0.4, 0.5) is 0 Å². The molecule has 1 aromatic rings. The second kappa shape index (κ2) is 5.98. The van der Waals surface area contributed by atoms with Gasteiger partial charge in [-0.15, -0.1) is 0 Å². The summed E-state index contributed by atoms with van der Waals surface area (Å²) in [7, 11) is 0. The van der Waals surface area contributed by atoms with Crippen molar-refractivity contribution in [1.82, 2.24) is 4.90 Å². The molecular formula is C13H13BrN2O2. The van der Waals surface area contributed by atoms with Crippen LogP contribution in [-0.4, -0.2) is 36.6 Å². The summed E-state index contributed by atoms with van der Waals surface area (Å²) in [5.74, 6) is -0.0250. The Morgan fingerprint density at radius 2 is 2.44 bits per heavy atom. The summed E-state index contributed by atoms with van der Waals surface area (Å²) in [5.41, 5.74) is 0.942. The quantitative estimate of drug-likeness (QED) is 0.836. The van der Waals surface area contributed by atoms with Gasteiger partial charge in [0.25, 0.3) is 0 Å². The lowest BCUT2D eigenvalue weighted by Crippen LogP contribution is -2.48. The average Bonchev–Trinajstić information content (AvgIpc) is 2.38.